The molecule has 1 aromatic heterocycles. The van der Waals surface area contributed by atoms with Crippen LogP contribution in [-0.2, 0) is 4.79 Å². The highest BCUT2D eigenvalue weighted by Crippen LogP contribution is 2.32. The number of thioether (sulfide) groups is 1. The Morgan fingerprint density at radius 3 is 2.57 bits per heavy atom. The number of nitrogens with zero attached hydrogens (tertiary/aromatic N) is 4. The van der Waals surface area contributed by atoms with Gasteiger partial charge in [0.2, 0.25) is 0 Å². The molecule has 0 aliphatic rings. The fourth-order valence-corrected chi connectivity index (χ4v) is 4.65. The molecule has 0 atom stereocenters. The summed E-state index contributed by atoms with van der Waals surface area (Å²) < 4.78 is 14.0. The third-order valence-electron chi connectivity index (χ3n) is 5.05. The maximum atomic E-state index is 12.5. The number of para-hydroxylation sites is 1. The SMILES string of the molecule is COc1cc(/C=N/NC(=O)CSc2nnc(-c3ccccc3Br)n2-c2ccccc2)ccc1OC(C)C. The molecule has 4 aromatic rings. The zero-order valence-electron chi connectivity index (χ0n) is 20.6. The van der Waals surface area contributed by atoms with E-state index in [2.05, 4.69) is 36.7 Å². The second-order valence-electron chi connectivity index (χ2n) is 8.12. The second-order valence-corrected chi connectivity index (χ2v) is 9.91. The number of nitrogens with one attached hydrogen (secondary N) is 1. The summed E-state index contributed by atoms with van der Waals surface area (Å²) in [6, 6.07) is 23.1. The molecule has 0 fully saturated rings. The van der Waals surface area contributed by atoms with Gasteiger partial charge in [0.05, 0.1) is 25.2 Å². The van der Waals surface area contributed by atoms with E-state index in [4.69, 9.17) is 9.47 Å². The van der Waals surface area contributed by atoms with Gasteiger partial charge in [0, 0.05) is 15.7 Å². The first-order valence-electron chi connectivity index (χ1n) is 11.5. The Bertz CT molecular complexity index is 1390. The number of halogens is 1. The molecule has 1 amide bonds. The summed E-state index contributed by atoms with van der Waals surface area (Å²) in [5.41, 5.74) is 5.14. The molecule has 0 saturated heterocycles. The van der Waals surface area contributed by atoms with Crippen LogP contribution in [0.15, 0.2) is 87.5 Å². The number of carbonyl (C=O) groups is 1. The van der Waals surface area contributed by atoms with E-state index in [0.717, 1.165) is 21.3 Å². The molecule has 1 heterocycles. The van der Waals surface area contributed by atoms with Gasteiger partial charge < -0.3 is 9.47 Å². The molecular formula is C27H26BrN5O3S. The van der Waals surface area contributed by atoms with Gasteiger partial charge in [-0.1, -0.05) is 64.1 Å². The van der Waals surface area contributed by atoms with Crippen molar-refractivity contribution >= 4 is 39.8 Å². The maximum Gasteiger partial charge on any atom is 0.250 e. The summed E-state index contributed by atoms with van der Waals surface area (Å²) in [4.78, 5) is 12.5. The Kier molecular flexibility index (Phi) is 8.97. The lowest BCUT2D eigenvalue weighted by molar-refractivity contribution is -0.118. The Morgan fingerprint density at radius 1 is 1.08 bits per heavy atom. The highest BCUT2D eigenvalue weighted by atomic mass is 79.9. The molecule has 0 bridgehead atoms. The molecule has 37 heavy (non-hydrogen) atoms. The van der Waals surface area contributed by atoms with Crippen LogP contribution in [0.1, 0.15) is 19.4 Å². The smallest absolute Gasteiger partial charge is 0.250 e. The van der Waals surface area contributed by atoms with Gasteiger partial charge in [-0.15, -0.1) is 10.2 Å². The van der Waals surface area contributed by atoms with Crippen LogP contribution < -0.4 is 14.9 Å². The van der Waals surface area contributed by atoms with E-state index in [0.29, 0.717) is 22.5 Å². The number of benzene rings is 3. The first-order valence-corrected chi connectivity index (χ1v) is 13.3. The quantitative estimate of drug-likeness (QED) is 0.146. The first-order chi connectivity index (χ1) is 18.0. The van der Waals surface area contributed by atoms with Gasteiger partial charge in [0.1, 0.15) is 0 Å². The van der Waals surface area contributed by atoms with E-state index in [1.807, 2.05) is 85.1 Å². The predicted molar refractivity (Wildman–Crippen MR) is 150 cm³/mol. The Labute approximate surface area is 228 Å². The average molecular weight is 581 g/mol. The normalized spacial score (nSPS) is 11.2. The highest BCUT2D eigenvalue weighted by Gasteiger charge is 2.18. The molecule has 0 radical (unpaired) electrons. The third-order valence-corrected chi connectivity index (χ3v) is 6.67. The fraction of sp³-hybridized carbons (Fsp3) is 0.185. The van der Waals surface area contributed by atoms with Crippen LogP contribution in [0.4, 0.5) is 0 Å². The fourth-order valence-electron chi connectivity index (χ4n) is 3.45. The van der Waals surface area contributed by atoms with E-state index in [9.17, 15) is 4.79 Å². The first kappa shape index (κ1) is 26.4. The summed E-state index contributed by atoms with van der Waals surface area (Å²) in [6.07, 6.45) is 1.59. The molecule has 4 rings (SSSR count). The van der Waals surface area contributed by atoms with Crippen molar-refractivity contribution in [3.63, 3.8) is 0 Å². The van der Waals surface area contributed by atoms with E-state index >= 15 is 0 Å². The Morgan fingerprint density at radius 2 is 1.84 bits per heavy atom. The molecular weight excluding hydrogens is 554 g/mol. The van der Waals surface area contributed by atoms with Gasteiger partial charge in [-0.2, -0.15) is 5.10 Å². The van der Waals surface area contributed by atoms with Crippen molar-refractivity contribution in [1.29, 1.82) is 0 Å². The van der Waals surface area contributed by atoms with Crippen molar-refractivity contribution in [1.82, 2.24) is 20.2 Å². The number of carbonyl (C=O) groups excluding carboxylic acids is 1. The summed E-state index contributed by atoms with van der Waals surface area (Å²) in [5, 5.41) is 13.5. The molecule has 0 unspecified atom stereocenters. The average Bonchev–Trinajstić information content (AvgIpc) is 3.32. The van der Waals surface area contributed by atoms with Crippen LogP contribution in [-0.4, -0.2) is 45.9 Å². The topological polar surface area (TPSA) is 90.6 Å². The van der Waals surface area contributed by atoms with Gasteiger partial charge in [-0.05, 0) is 55.8 Å². The minimum Gasteiger partial charge on any atom is -0.493 e. The molecule has 0 spiro atoms. The lowest BCUT2D eigenvalue weighted by Crippen LogP contribution is -2.20. The number of aromatic nitrogens is 3. The number of ether oxygens (including phenoxy) is 2. The summed E-state index contributed by atoms with van der Waals surface area (Å²) in [6.45, 7) is 3.90. The molecule has 0 saturated carbocycles. The van der Waals surface area contributed by atoms with E-state index in [-0.39, 0.29) is 17.8 Å². The van der Waals surface area contributed by atoms with Crippen LogP contribution in [0, 0.1) is 0 Å². The lowest BCUT2D eigenvalue weighted by Gasteiger charge is -2.13. The number of methoxy groups -OCH3 is 1. The molecule has 0 aliphatic carbocycles. The van der Waals surface area contributed by atoms with Crippen LogP contribution in [0.25, 0.3) is 17.1 Å². The summed E-state index contributed by atoms with van der Waals surface area (Å²) >= 11 is 4.88. The van der Waals surface area contributed by atoms with Crippen molar-refractivity contribution < 1.29 is 14.3 Å². The van der Waals surface area contributed by atoms with E-state index in [1.165, 1.54) is 11.8 Å². The maximum absolute atomic E-state index is 12.5. The zero-order chi connectivity index (χ0) is 26.2. The molecule has 10 heteroatoms. The van der Waals surface area contributed by atoms with Crippen molar-refractivity contribution in [2.45, 2.75) is 25.1 Å². The molecule has 1 N–H and O–H groups in total. The van der Waals surface area contributed by atoms with Crippen molar-refractivity contribution in [2.24, 2.45) is 5.10 Å². The van der Waals surface area contributed by atoms with Crippen molar-refractivity contribution in [3.8, 4) is 28.6 Å². The van der Waals surface area contributed by atoms with Gasteiger partial charge in [-0.25, -0.2) is 5.43 Å². The second kappa shape index (κ2) is 12.6. The number of hydrazone groups is 1. The van der Waals surface area contributed by atoms with Crippen LogP contribution in [0.3, 0.4) is 0 Å². The predicted octanol–water partition coefficient (Wildman–Crippen LogP) is 5.74. The Hall–Kier alpha value is -3.63. The summed E-state index contributed by atoms with van der Waals surface area (Å²) in [7, 11) is 1.58. The van der Waals surface area contributed by atoms with Crippen LogP contribution in [0.5, 0.6) is 11.5 Å². The van der Waals surface area contributed by atoms with Crippen molar-refractivity contribution in [3.05, 3.63) is 82.8 Å². The summed E-state index contributed by atoms with van der Waals surface area (Å²) in [5.74, 6) is 1.78. The number of rotatable bonds is 10. The van der Waals surface area contributed by atoms with Gasteiger partial charge in [0.15, 0.2) is 22.5 Å². The monoisotopic (exact) mass is 579 g/mol. The molecule has 0 aliphatic heterocycles. The van der Waals surface area contributed by atoms with Gasteiger partial charge in [0.25, 0.3) is 5.91 Å². The van der Waals surface area contributed by atoms with Crippen LogP contribution in [0.2, 0.25) is 0 Å². The lowest BCUT2D eigenvalue weighted by atomic mass is 10.2. The minimum atomic E-state index is -0.266. The molecule has 3 aromatic carbocycles. The van der Waals surface area contributed by atoms with Crippen LogP contribution >= 0.6 is 27.7 Å². The van der Waals surface area contributed by atoms with Gasteiger partial charge >= 0.3 is 0 Å². The van der Waals surface area contributed by atoms with Gasteiger partial charge in [-0.3, -0.25) is 9.36 Å². The standard InChI is InChI=1S/C27H26BrN5O3S/c1-18(2)36-23-14-13-19(15-24(23)35-3)16-29-30-25(34)17-37-27-32-31-26(21-11-7-8-12-22(21)28)33(27)20-9-5-4-6-10-20/h4-16,18H,17H2,1-3H3,(H,30,34)/b29-16+. The number of hydrogen-bond donors (Lipinski definition) is 1. The van der Waals surface area contributed by atoms with E-state index < -0.39 is 0 Å². The zero-order valence-corrected chi connectivity index (χ0v) is 23.0. The number of amides is 1. The minimum absolute atomic E-state index is 0.0307. The van der Waals surface area contributed by atoms with Crippen molar-refractivity contribution in [2.75, 3.05) is 12.9 Å². The number of hydrogen-bond acceptors (Lipinski definition) is 7. The third kappa shape index (κ3) is 6.78. The highest BCUT2D eigenvalue weighted by molar-refractivity contribution is 9.10. The molecule has 190 valence electrons. The Balaban J connectivity index is 1.45. The largest absolute Gasteiger partial charge is 0.493 e. The van der Waals surface area contributed by atoms with E-state index in [1.54, 1.807) is 19.4 Å². The molecule has 8 nitrogen and oxygen atoms in total.